The van der Waals surface area contributed by atoms with Gasteiger partial charge in [0.1, 0.15) is 0 Å². The van der Waals surface area contributed by atoms with Crippen molar-refractivity contribution in [1.29, 1.82) is 0 Å². The molecule has 0 saturated heterocycles. The predicted molar refractivity (Wildman–Crippen MR) is 110 cm³/mol. The summed E-state index contributed by atoms with van der Waals surface area (Å²) in [6.45, 7) is 1.52. The van der Waals surface area contributed by atoms with Crippen LogP contribution in [0, 0.1) is 11.8 Å². The molecule has 0 spiro atoms. The van der Waals surface area contributed by atoms with Gasteiger partial charge in [0.2, 0.25) is 11.8 Å². The van der Waals surface area contributed by atoms with E-state index in [4.69, 9.17) is 0 Å². The fourth-order valence-corrected chi connectivity index (χ4v) is 4.42. The molecule has 0 heterocycles. The highest BCUT2D eigenvalue weighted by Crippen LogP contribution is 2.30. The van der Waals surface area contributed by atoms with Crippen LogP contribution in [-0.4, -0.2) is 23.6 Å². The lowest BCUT2D eigenvalue weighted by Gasteiger charge is -2.28. The van der Waals surface area contributed by atoms with E-state index in [9.17, 15) is 14.4 Å². The Morgan fingerprint density at radius 1 is 0.821 bits per heavy atom. The Bertz CT molecular complexity index is 700. The number of anilines is 1. The molecule has 0 radical (unpaired) electrons. The molecule has 2 aliphatic rings. The second-order valence-electron chi connectivity index (χ2n) is 8.37. The van der Waals surface area contributed by atoms with Gasteiger partial charge in [-0.05, 0) is 57.6 Å². The van der Waals surface area contributed by atoms with E-state index in [1.165, 1.54) is 32.6 Å². The van der Waals surface area contributed by atoms with E-state index in [0.717, 1.165) is 38.5 Å². The fourth-order valence-electron chi connectivity index (χ4n) is 4.42. The van der Waals surface area contributed by atoms with Gasteiger partial charge >= 0.3 is 0 Å². The maximum absolute atomic E-state index is 12.6. The highest BCUT2D eigenvalue weighted by atomic mass is 16.2. The van der Waals surface area contributed by atoms with Crippen molar-refractivity contribution >= 4 is 23.3 Å². The molecule has 0 unspecified atom stereocenters. The van der Waals surface area contributed by atoms with Gasteiger partial charge in [-0.1, -0.05) is 37.8 Å². The number of hydrogen-bond donors (Lipinski definition) is 2. The van der Waals surface area contributed by atoms with Crippen LogP contribution in [0.4, 0.5) is 5.69 Å². The van der Waals surface area contributed by atoms with Crippen molar-refractivity contribution in [2.45, 2.75) is 77.2 Å². The van der Waals surface area contributed by atoms with E-state index in [-0.39, 0.29) is 29.4 Å². The third-order valence-electron chi connectivity index (χ3n) is 6.21. The largest absolute Gasteiger partial charge is 0.353 e. The van der Waals surface area contributed by atoms with Crippen LogP contribution in [0.25, 0.3) is 0 Å². The molecule has 2 aliphatic carbocycles. The SMILES string of the molecule is CC(=O)c1cccc(NC(=O)C2CCC(C(=O)NC3CCCCCC3)CC2)c1. The van der Waals surface area contributed by atoms with Crippen LogP contribution in [0.1, 0.15) is 81.5 Å². The molecule has 1 aromatic carbocycles. The van der Waals surface area contributed by atoms with Crippen molar-refractivity contribution in [2.75, 3.05) is 5.32 Å². The molecular formula is C23H32N2O3. The highest BCUT2D eigenvalue weighted by molar-refractivity contribution is 5.97. The lowest BCUT2D eigenvalue weighted by Crippen LogP contribution is -2.40. The predicted octanol–water partition coefficient (Wildman–Crippen LogP) is 4.47. The minimum Gasteiger partial charge on any atom is -0.353 e. The molecule has 3 rings (SSSR count). The van der Waals surface area contributed by atoms with Crippen molar-refractivity contribution in [3.05, 3.63) is 29.8 Å². The van der Waals surface area contributed by atoms with Crippen molar-refractivity contribution < 1.29 is 14.4 Å². The third kappa shape index (κ3) is 5.66. The summed E-state index contributed by atoms with van der Waals surface area (Å²) in [5, 5.41) is 6.19. The number of nitrogens with one attached hydrogen (secondary N) is 2. The first-order valence-corrected chi connectivity index (χ1v) is 10.7. The van der Waals surface area contributed by atoms with Gasteiger partial charge in [-0.3, -0.25) is 14.4 Å². The van der Waals surface area contributed by atoms with Crippen LogP contribution in [0.2, 0.25) is 0 Å². The molecule has 2 fully saturated rings. The Kier molecular flexibility index (Phi) is 7.24. The third-order valence-corrected chi connectivity index (χ3v) is 6.21. The standard InChI is InChI=1S/C23H32N2O3/c1-16(26)19-7-6-10-21(15-19)25-23(28)18-13-11-17(12-14-18)22(27)24-20-8-4-2-3-5-9-20/h6-7,10,15,17-18,20H,2-5,8-9,11-14H2,1H3,(H,24,27)(H,25,28). The van der Waals surface area contributed by atoms with E-state index in [1.54, 1.807) is 24.3 Å². The van der Waals surface area contributed by atoms with E-state index in [2.05, 4.69) is 10.6 Å². The van der Waals surface area contributed by atoms with Gasteiger partial charge in [0.05, 0.1) is 0 Å². The summed E-state index contributed by atoms with van der Waals surface area (Å²) in [5.41, 5.74) is 1.25. The number of Topliss-reactive ketones (excluding diaryl/α,β-unsaturated/α-hetero) is 1. The van der Waals surface area contributed by atoms with Gasteiger partial charge in [0.15, 0.2) is 5.78 Å². The Balaban J connectivity index is 1.46. The number of carbonyl (C=O) groups excluding carboxylic acids is 3. The van der Waals surface area contributed by atoms with Gasteiger partial charge in [-0.2, -0.15) is 0 Å². The summed E-state index contributed by atoms with van der Waals surface area (Å²) >= 11 is 0. The minimum atomic E-state index is -0.0667. The number of carbonyl (C=O) groups is 3. The van der Waals surface area contributed by atoms with Crippen molar-refractivity contribution in [3.63, 3.8) is 0 Å². The Hall–Kier alpha value is -2.17. The molecule has 0 aromatic heterocycles. The molecule has 152 valence electrons. The topological polar surface area (TPSA) is 75.3 Å². The van der Waals surface area contributed by atoms with Gasteiger partial charge in [-0.15, -0.1) is 0 Å². The summed E-state index contributed by atoms with van der Waals surface area (Å²) in [7, 11) is 0. The lowest BCUT2D eigenvalue weighted by atomic mass is 9.81. The van der Waals surface area contributed by atoms with Gasteiger partial charge in [-0.25, -0.2) is 0 Å². The summed E-state index contributed by atoms with van der Waals surface area (Å²) in [4.78, 5) is 36.7. The second kappa shape index (κ2) is 9.85. The van der Waals surface area contributed by atoms with E-state index in [0.29, 0.717) is 17.3 Å². The molecule has 5 nitrogen and oxygen atoms in total. The van der Waals surface area contributed by atoms with Crippen LogP contribution in [0.3, 0.4) is 0 Å². The molecular weight excluding hydrogens is 352 g/mol. The van der Waals surface area contributed by atoms with Gasteiger partial charge < -0.3 is 10.6 Å². The monoisotopic (exact) mass is 384 g/mol. The quantitative estimate of drug-likeness (QED) is 0.581. The molecule has 2 amide bonds. The average molecular weight is 385 g/mol. The van der Waals surface area contributed by atoms with Crippen LogP contribution in [0.5, 0.6) is 0 Å². The smallest absolute Gasteiger partial charge is 0.227 e. The number of amides is 2. The number of hydrogen-bond acceptors (Lipinski definition) is 3. The maximum Gasteiger partial charge on any atom is 0.227 e. The molecule has 1 aromatic rings. The van der Waals surface area contributed by atoms with Gasteiger partial charge in [0, 0.05) is 29.1 Å². The maximum atomic E-state index is 12.6. The zero-order chi connectivity index (χ0) is 19.9. The molecule has 2 saturated carbocycles. The number of rotatable bonds is 5. The number of ketones is 1. The Labute approximate surface area is 167 Å². The summed E-state index contributed by atoms with van der Waals surface area (Å²) < 4.78 is 0. The molecule has 0 bridgehead atoms. The molecule has 0 aliphatic heterocycles. The van der Waals surface area contributed by atoms with E-state index < -0.39 is 0 Å². The molecule has 0 atom stereocenters. The molecule has 28 heavy (non-hydrogen) atoms. The van der Waals surface area contributed by atoms with Crippen LogP contribution < -0.4 is 10.6 Å². The van der Waals surface area contributed by atoms with Crippen LogP contribution in [0.15, 0.2) is 24.3 Å². The zero-order valence-corrected chi connectivity index (χ0v) is 16.8. The van der Waals surface area contributed by atoms with Crippen LogP contribution in [-0.2, 0) is 9.59 Å². The number of benzene rings is 1. The Morgan fingerprint density at radius 3 is 2.04 bits per heavy atom. The van der Waals surface area contributed by atoms with Crippen molar-refractivity contribution in [3.8, 4) is 0 Å². The van der Waals surface area contributed by atoms with Crippen LogP contribution >= 0.6 is 0 Å². The van der Waals surface area contributed by atoms with Gasteiger partial charge in [0.25, 0.3) is 0 Å². The average Bonchev–Trinajstić information content (AvgIpc) is 2.97. The van der Waals surface area contributed by atoms with Crippen molar-refractivity contribution in [2.24, 2.45) is 11.8 Å². The fraction of sp³-hybridized carbons (Fsp3) is 0.609. The van der Waals surface area contributed by atoms with E-state index >= 15 is 0 Å². The lowest BCUT2D eigenvalue weighted by molar-refractivity contribution is -0.129. The zero-order valence-electron chi connectivity index (χ0n) is 16.8. The molecule has 5 heteroatoms. The Morgan fingerprint density at radius 2 is 1.43 bits per heavy atom. The highest BCUT2D eigenvalue weighted by Gasteiger charge is 2.31. The summed E-state index contributed by atoms with van der Waals surface area (Å²) in [6.07, 6.45) is 10.2. The van der Waals surface area contributed by atoms with Crippen molar-refractivity contribution in [1.82, 2.24) is 5.32 Å². The first kappa shape index (κ1) is 20.6. The molecule has 2 N–H and O–H groups in total. The summed E-state index contributed by atoms with van der Waals surface area (Å²) in [6, 6.07) is 7.38. The minimum absolute atomic E-state index is 0.0108. The first-order valence-electron chi connectivity index (χ1n) is 10.7. The first-order chi connectivity index (χ1) is 13.5. The second-order valence-corrected chi connectivity index (χ2v) is 8.37. The summed E-state index contributed by atoms with van der Waals surface area (Å²) in [5.74, 6) is 0.121. The van der Waals surface area contributed by atoms with E-state index in [1.807, 2.05) is 0 Å². The normalized spacial score (nSPS) is 23.5.